The summed E-state index contributed by atoms with van der Waals surface area (Å²) in [6.07, 6.45) is 1.47. The van der Waals surface area contributed by atoms with Gasteiger partial charge in [-0.3, -0.25) is 4.79 Å². The van der Waals surface area contributed by atoms with Gasteiger partial charge in [0, 0.05) is 22.2 Å². The number of carbonyl (C=O) groups excluding carboxylic acids is 1. The quantitative estimate of drug-likeness (QED) is 0.173. The summed E-state index contributed by atoms with van der Waals surface area (Å²) in [6, 6.07) is 20.1. The minimum atomic E-state index is -1.08. The fourth-order valence-corrected chi connectivity index (χ4v) is 4.12. The van der Waals surface area contributed by atoms with Gasteiger partial charge in [0.15, 0.2) is 23.2 Å². The standard InChI is InChI=1S/C28H26N4O5S/c1-3-36-25-14-19(6-13-24(25)37-16-26(33)34)15-29-32-27(35)21-9-7-20(8-10-21)23-17-38-28(31-23)30-22-11-4-18(2)5-12-22/h4-15,17H,3,16H2,1-2H3,(H,30,31)(H,32,35)(H,33,34)/b29-15-. The minimum Gasteiger partial charge on any atom is -0.490 e. The van der Waals surface area contributed by atoms with E-state index >= 15 is 0 Å². The Bertz CT molecular complexity index is 1430. The van der Waals surface area contributed by atoms with Crippen molar-refractivity contribution in [2.75, 3.05) is 18.5 Å². The highest BCUT2D eigenvalue weighted by Gasteiger charge is 2.10. The van der Waals surface area contributed by atoms with E-state index < -0.39 is 12.6 Å². The molecule has 1 aromatic heterocycles. The summed E-state index contributed by atoms with van der Waals surface area (Å²) in [5, 5.41) is 18.9. The smallest absolute Gasteiger partial charge is 0.341 e. The van der Waals surface area contributed by atoms with Gasteiger partial charge in [-0.1, -0.05) is 29.8 Å². The van der Waals surface area contributed by atoms with Crippen molar-refractivity contribution in [3.8, 4) is 22.8 Å². The molecule has 3 aromatic carbocycles. The molecule has 3 N–H and O–H groups in total. The average molecular weight is 531 g/mol. The molecule has 0 saturated heterocycles. The third kappa shape index (κ3) is 7.17. The molecule has 0 aliphatic heterocycles. The molecule has 0 spiro atoms. The van der Waals surface area contributed by atoms with Gasteiger partial charge in [-0.25, -0.2) is 15.2 Å². The number of ether oxygens (including phenoxy) is 2. The second-order valence-electron chi connectivity index (χ2n) is 8.13. The van der Waals surface area contributed by atoms with Gasteiger partial charge < -0.3 is 19.9 Å². The molecular weight excluding hydrogens is 504 g/mol. The predicted octanol–water partition coefficient (Wildman–Crippen LogP) is 5.49. The van der Waals surface area contributed by atoms with E-state index in [0.29, 0.717) is 29.2 Å². The number of hydrogen-bond acceptors (Lipinski definition) is 8. The Balaban J connectivity index is 1.35. The van der Waals surface area contributed by atoms with Crippen LogP contribution in [0.15, 0.2) is 77.2 Å². The van der Waals surface area contributed by atoms with E-state index in [2.05, 4.69) is 20.8 Å². The molecule has 0 aliphatic carbocycles. The van der Waals surface area contributed by atoms with Gasteiger partial charge in [0.05, 0.1) is 18.5 Å². The number of anilines is 2. The van der Waals surface area contributed by atoms with Crippen LogP contribution in [0.25, 0.3) is 11.3 Å². The first-order valence-corrected chi connectivity index (χ1v) is 12.6. The van der Waals surface area contributed by atoms with Crippen LogP contribution in [0, 0.1) is 6.92 Å². The predicted molar refractivity (Wildman–Crippen MR) is 148 cm³/mol. The highest BCUT2D eigenvalue weighted by molar-refractivity contribution is 7.14. The van der Waals surface area contributed by atoms with Gasteiger partial charge in [-0.15, -0.1) is 11.3 Å². The van der Waals surface area contributed by atoms with Gasteiger partial charge in [0.2, 0.25) is 0 Å². The number of aromatic nitrogens is 1. The van der Waals surface area contributed by atoms with Crippen molar-refractivity contribution >= 4 is 40.2 Å². The number of aryl methyl sites for hydroxylation is 1. The summed E-state index contributed by atoms with van der Waals surface area (Å²) in [5.41, 5.74) is 7.48. The largest absolute Gasteiger partial charge is 0.490 e. The topological polar surface area (TPSA) is 122 Å². The molecule has 4 rings (SSSR count). The van der Waals surface area contributed by atoms with Crippen LogP contribution in [0.2, 0.25) is 0 Å². The summed E-state index contributed by atoms with van der Waals surface area (Å²) >= 11 is 1.51. The van der Waals surface area contributed by atoms with Gasteiger partial charge in [0.25, 0.3) is 5.91 Å². The van der Waals surface area contributed by atoms with Crippen molar-refractivity contribution < 1.29 is 24.2 Å². The van der Waals surface area contributed by atoms with Gasteiger partial charge in [-0.2, -0.15) is 5.10 Å². The van der Waals surface area contributed by atoms with Crippen LogP contribution in [-0.4, -0.2) is 41.4 Å². The molecule has 38 heavy (non-hydrogen) atoms. The van der Waals surface area contributed by atoms with E-state index in [1.54, 1.807) is 30.3 Å². The molecule has 4 aromatic rings. The molecule has 10 heteroatoms. The maximum atomic E-state index is 12.5. The van der Waals surface area contributed by atoms with Crippen LogP contribution in [0.3, 0.4) is 0 Å². The van der Waals surface area contributed by atoms with Gasteiger partial charge >= 0.3 is 5.97 Å². The molecule has 9 nitrogen and oxygen atoms in total. The van der Waals surface area contributed by atoms with Crippen molar-refractivity contribution in [2.45, 2.75) is 13.8 Å². The lowest BCUT2D eigenvalue weighted by Crippen LogP contribution is -2.17. The third-order valence-corrected chi connectivity index (χ3v) is 6.01. The zero-order valence-corrected chi connectivity index (χ0v) is 21.6. The number of rotatable bonds is 11. The van der Waals surface area contributed by atoms with Crippen molar-refractivity contribution in [1.82, 2.24) is 10.4 Å². The highest BCUT2D eigenvalue weighted by atomic mass is 32.1. The maximum Gasteiger partial charge on any atom is 0.341 e. The van der Waals surface area contributed by atoms with Gasteiger partial charge in [-0.05, 0) is 61.9 Å². The molecule has 0 radical (unpaired) electrons. The number of carbonyl (C=O) groups is 2. The Morgan fingerprint density at radius 1 is 1.03 bits per heavy atom. The third-order valence-electron chi connectivity index (χ3n) is 5.25. The number of nitrogens with zero attached hydrogens (tertiary/aromatic N) is 2. The minimum absolute atomic E-state index is 0.314. The average Bonchev–Trinajstić information content (AvgIpc) is 3.38. The second-order valence-corrected chi connectivity index (χ2v) is 8.99. The maximum absolute atomic E-state index is 12.5. The van der Waals surface area contributed by atoms with Crippen LogP contribution < -0.4 is 20.2 Å². The summed E-state index contributed by atoms with van der Waals surface area (Å²) in [4.78, 5) is 27.9. The molecular formula is C28H26N4O5S. The molecule has 0 atom stereocenters. The second kappa shape index (κ2) is 12.5. The molecule has 1 heterocycles. The number of benzene rings is 3. The van der Waals surface area contributed by atoms with Crippen LogP contribution in [0.1, 0.15) is 28.4 Å². The zero-order valence-electron chi connectivity index (χ0n) is 20.8. The highest BCUT2D eigenvalue weighted by Crippen LogP contribution is 2.29. The Hall–Kier alpha value is -4.70. The Labute approximate surface area is 223 Å². The number of hydrogen-bond donors (Lipinski definition) is 3. The number of thiazole rings is 1. The number of aliphatic carboxylic acids is 1. The van der Waals surface area contributed by atoms with Crippen molar-refractivity contribution in [2.24, 2.45) is 5.10 Å². The molecule has 0 saturated carbocycles. The first-order chi connectivity index (χ1) is 18.4. The van der Waals surface area contributed by atoms with E-state index in [1.807, 2.05) is 55.6 Å². The van der Waals surface area contributed by atoms with Crippen molar-refractivity contribution in [1.29, 1.82) is 0 Å². The Kier molecular flexibility index (Phi) is 8.68. The Morgan fingerprint density at radius 2 is 1.79 bits per heavy atom. The molecule has 0 aliphatic rings. The summed E-state index contributed by atoms with van der Waals surface area (Å²) < 4.78 is 10.7. The molecule has 0 unspecified atom stereocenters. The van der Waals surface area contributed by atoms with E-state index in [4.69, 9.17) is 14.6 Å². The van der Waals surface area contributed by atoms with Crippen LogP contribution in [0.4, 0.5) is 10.8 Å². The lowest BCUT2D eigenvalue weighted by molar-refractivity contribution is -0.139. The van der Waals surface area contributed by atoms with E-state index in [-0.39, 0.29) is 5.91 Å². The lowest BCUT2D eigenvalue weighted by atomic mass is 10.1. The summed E-state index contributed by atoms with van der Waals surface area (Å²) in [5.74, 6) is -0.743. The fourth-order valence-electron chi connectivity index (χ4n) is 3.38. The van der Waals surface area contributed by atoms with Crippen molar-refractivity contribution in [3.63, 3.8) is 0 Å². The number of carboxylic acid groups (broad SMARTS) is 1. The fraction of sp³-hybridized carbons (Fsp3) is 0.143. The monoisotopic (exact) mass is 530 g/mol. The first kappa shape index (κ1) is 26.4. The number of amides is 1. The molecule has 0 fully saturated rings. The summed E-state index contributed by atoms with van der Waals surface area (Å²) in [7, 11) is 0. The molecule has 0 bridgehead atoms. The van der Waals surface area contributed by atoms with E-state index in [9.17, 15) is 9.59 Å². The molecule has 1 amide bonds. The van der Waals surface area contributed by atoms with Crippen LogP contribution in [-0.2, 0) is 4.79 Å². The molecule has 194 valence electrons. The first-order valence-electron chi connectivity index (χ1n) is 11.8. The SMILES string of the molecule is CCOc1cc(/C=N\NC(=O)c2ccc(-c3csc(Nc4ccc(C)cc4)n3)cc2)ccc1OCC(=O)O. The number of hydrazone groups is 1. The zero-order chi connectivity index (χ0) is 26.9. The normalized spacial score (nSPS) is 10.8. The van der Waals surface area contributed by atoms with Crippen molar-refractivity contribution in [3.05, 3.63) is 88.8 Å². The van der Waals surface area contributed by atoms with Gasteiger partial charge in [0.1, 0.15) is 0 Å². The van der Waals surface area contributed by atoms with Crippen LogP contribution in [0.5, 0.6) is 11.5 Å². The van der Waals surface area contributed by atoms with E-state index in [0.717, 1.165) is 22.1 Å². The van der Waals surface area contributed by atoms with Crippen LogP contribution >= 0.6 is 11.3 Å². The number of nitrogens with one attached hydrogen (secondary N) is 2. The number of carboxylic acids is 1. The Morgan fingerprint density at radius 3 is 2.50 bits per heavy atom. The summed E-state index contributed by atoms with van der Waals surface area (Å²) in [6.45, 7) is 3.75. The van der Waals surface area contributed by atoms with E-state index in [1.165, 1.54) is 23.1 Å². The lowest BCUT2D eigenvalue weighted by Gasteiger charge is -2.11.